The van der Waals surface area contributed by atoms with E-state index in [1.807, 2.05) is 4.72 Å². The Hall–Kier alpha value is -1.06. The third-order valence-corrected chi connectivity index (χ3v) is 3.18. The highest BCUT2D eigenvalue weighted by molar-refractivity contribution is 7.87. The Labute approximate surface area is 117 Å². The van der Waals surface area contributed by atoms with Crippen molar-refractivity contribution in [3.63, 3.8) is 0 Å². The van der Waals surface area contributed by atoms with E-state index in [0.717, 1.165) is 0 Å². The maximum atomic E-state index is 11.8. The van der Waals surface area contributed by atoms with E-state index in [-0.39, 0.29) is 16.7 Å². The van der Waals surface area contributed by atoms with E-state index in [2.05, 4.69) is 0 Å². The van der Waals surface area contributed by atoms with E-state index in [1.165, 1.54) is 0 Å². The monoisotopic (exact) mass is 315 g/mol. The van der Waals surface area contributed by atoms with E-state index in [4.69, 9.17) is 22.1 Å². The first-order valence-electron chi connectivity index (χ1n) is 5.34. The molecule has 19 heavy (non-hydrogen) atoms. The second kappa shape index (κ2) is 6.92. The molecule has 3 N–H and O–H groups in total. The fraction of sp³-hybridized carbons (Fsp3) is 0.778. The van der Waals surface area contributed by atoms with Crippen molar-refractivity contribution in [2.75, 3.05) is 19.0 Å². The number of hydrogen-bond donors (Lipinski definition) is 2. The highest BCUT2D eigenvalue weighted by Crippen LogP contribution is 2.11. The first-order chi connectivity index (χ1) is 8.49. The quantitative estimate of drug-likeness (QED) is 0.657. The summed E-state index contributed by atoms with van der Waals surface area (Å²) in [6.07, 6.45) is -1.19. The molecule has 0 aliphatic rings. The number of nitrogens with two attached hydrogens (primary N) is 1. The van der Waals surface area contributed by atoms with Crippen LogP contribution in [0.4, 0.5) is 4.79 Å². The molecule has 0 aromatic heterocycles. The number of nitrogens with zero attached hydrogens (tertiary/aromatic N) is 1. The molecule has 0 heterocycles. The minimum atomic E-state index is -4.23. The summed E-state index contributed by atoms with van der Waals surface area (Å²) < 4.78 is 30.8. The fourth-order valence-electron chi connectivity index (χ4n) is 0.948. The predicted molar refractivity (Wildman–Crippen MR) is 69.8 cm³/mol. The highest BCUT2D eigenvalue weighted by Gasteiger charge is 2.32. The Morgan fingerprint density at radius 3 is 2.26 bits per heavy atom. The van der Waals surface area contributed by atoms with Gasteiger partial charge in [-0.05, 0) is 20.8 Å². The standard InChI is InChI=1S/C9H18ClN3O5S/c1-9(2,3)18-8(15)13(6-7(11)14)19(16,17)12-5-4-10/h12H,4-6H2,1-3H3,(H2,11,14). The molecule has 0 bridgehead atoms. The van der Waals surface area contributed by atoms with E-state index in [9.17, 15) is 18.0 Å². The number of ether oxygens (including phenoxy) is 1. The van der Waals surface area contributed by atoms with Crippen molar-refractivity contribution in [1.29, 1.82) is 0 Å². The second-order valence-corrected chi connectivity index (χ2v) is 6.60. The van der Waals surface area contributed by atoms with Gasteiger partial charge in [0.2, 0.25) is 5.91 Å². The fourth-order valence-corrected chi connectivity index (χ4v) is 2.20. The Balaban J connectivity index is 5.10. The molecule has 2 amide bonds. The third-order valence-electron chi connectivity index (χ3n) is 1.57. The lowest BCUT2D eigenvalue weighted by Crippen LogP contribution is -2.50. The van der Waals surface area contributed by atoms with E-state index in [0.29, 0.717) is 0 Å². The molecular formula is C9H18ClN3O5S. The van der Waals surface area contributed by atoms with Crippen LogP contribution < -0.4 is 10.5 Å². The number of alkyl halides is 1. The van der Waals surface area contributed by atoms with Gasteiger partial charge in [0, 0.05) is 12.4 Å². The van der Waals surface area contributed by atoms with E-state index >= 15 is 0 Å². The van der Waals surface area contributed by atoms with Crippen LogP contribution in [0.2, 0.25) is 0 Å². The van der Waals surface area contributed by atoms with Crippen LogP contribution in [0, 0.1) is 0 Å². The topological polar surface area (TPSA) is 119 Å². The number of amides is 2. The van der Waals surface area contributed by atoms with Crippen molar-refractivity contribution < 1.29 is 22.7 Å². The molecule has 0 aliphatic carbocycles. The Morgan fingerprint density at radius 2 is 1.89 bits per heavy atom. The zero-order chi connectivity index (χ0) is 15.3. The summed E-state index contributed by atoms with van der Waals surface area (Å²) >= 11 is 5.35. The molecule has 8 nitrogen and oxygen atoms in total. The molecule has 0 aromatic carbocycles. The van der Waals surface area contributed by atoms with Gasteiger partial charge < -0.3 is 10.5 Å². The van der Waals surface area contributed by atoms with Gasteiger partial charge in [0.15, 0.2) is 0 Å². The number of primary amides is 1. The van der Waals surface area contributed by atoms with Crippen molar-refractivity contribution in [3.8, 4) is 0 Å². The summed E-state index contributed by atoms with van der Waals surface area (Å²) in [4.78, 5) is 22.6. The Kier molecular flexibility index (Phi) is 6.53. The van der Waals surface area contributed by atoms with Crippen molar-refractivity contribution >= 4 is 33.8 Å². The molecule has 0 atom stereocenters. The van der Waals surface area contributed by atoms with Crippen LogP contribution in [0.25, 0.3) is 0 Å². The van der Waals surface area contributed by atoms with Crippen LogP contribution in [0.5, 0.6) is 0 Å². The molecular weight excluding hydrogens is 298 g/mol. The first kappa shape index (κ1) is 17.9. The molecule has 0 spiro atoms. The van der Waals surface area contributed by atoms with Crippen LogP contribution in [0.3, 0.4) is 0 Å². The Bertz CT molecular complexity index is 432. The van der Waals surface area contributed by atoms with Gasteiger partial charge in [-0.15, -0.1) is 11.6 Å². The average molecular weight is 316 g/mol. The van der Waals surface area contributed by atoms with Crippen LogP contribution in [0.15, 0.2) is 0 Å². The van der Waals surface area contributed by atoms with Crippen LogP contribution in [0.1, 0.15) is 20.8 Å². The second-order valence-electron chi connectivity index (χ2n) is 4.54. The van der Waals surface area contributed by atoms with Crippen molar-refractivity contribution in [2.45, 2.75) is 26.4 Å². The lowest BCUT2D eigenvalue weighted by Gasteiger charge is -2.26. The van der Waals surface area contributed by atoms with Crippen LogP contribution in [-0.4, -0.2) is 49.3 Å². The maximum Gasteiger partial charge on any atom is 0.425 e. The molecule has 10 heteroatoms. The van der Waals surface area contributed by atoms with E-state index in [1.54, 1.807) is 20.8 Å². The predicted octanol–water partition coefficient (Wildman–Crippen LogP) is -0.218. The summed E-state index contributed by atoms with van der Waals surface area (Å²) in [5.41, 5.74) is 4.01. The van der Waals surface area contributed by atoms with Gasteiger partial charge >= 0.3 is 16.3 Å². The molecule has 0 rings (SSSR count). The molecule has 0 fully saturated rings. The zero-order valence-corrected chi connectivity index (χ0v) is 12.5. The number of carbonyl (C=O) groups is 2. The third kappa shape index (κ3) is 7.19. The van der Waals surface area contributed by atoms with Crippen molar-refractivity contribution in [3.05, 3.63) is 0 Å². The van der Waals surface area contributed by atoms with Crippen molar-refractivity contribution in [1.82, 2.24) is 9.03 Å². The summed E-state index contributed by atoms with van der Waals surface area (Å²) in [5, 5.41) is 0. The smallest absolute Gasteiger partial charge is 0.425 e. The normalized spacial score (nSPS) is 12.0. The Morgan fingerprint density at radius 1 is 1.37 bits per heavy atom. The van der Waals surface area contributed by atoms with Gasteiger partial charge in [-0.3, -0.25) is 4.79 Å². The average Bonchev–Trinajstić information content (AvgIpc) is 2.20. The molecule has 0 saturated carbocycles. The number of rotatable bonds is 6. The van der Waals surface area contributed by atoms with Gasteiger partial charge in [-0.2, -0.15) is 17.4 Å². The lowest BCUT2D eigenvalue weighted by molar-refractivity contribution is -0.118. The molecule has 0 aliphatic heterocycles. The minimum absolute atomic E-state index is 0.0119. The number of nitrogens with one attached hydrogen (secondary N) is 1. The molecule has 0 aromatic rings. The highest BCUT2D eigenvalue weighted by atomic mass is 35.5. The minimum Gasteiger partial charge on any atom is -0.443 e. The zero-order valence-electron chi connectivity index (χ0n) is 11.0. The lowest BCUT2D eigenvalue weighted by atomic mass is 10.2. The summed E-state index contributed by atoms with van der Waals surface area (Å²) in [5.74, 6) is -0.972. The molecule has 0 radical (unpaired) electrons. The number of hydrogen-bond acceptors (Lipinski definition) is 5. The van der Waals surface area contributed by atoms with Gasteiger partial charge in [0.25, 0.3) is 0 Å². The first-order valence-corrected chi connectivity index (χ1v) is 7.31. The molecule has 0 unspecified atom stereocenters. The van der Waals surface area contributed by atoms with E-state index < -0.39 is 34.4 Å². The number of halogens is 1. The summed E-state index contributed by atoms with van der Waals surface area (Å²) in [6, 6.07) is 0. The van der Waals surface area contributed by atoms with Gasteiger partial charge in [-0.25, -0.2) is 4.79 Å². The van der Waals surface area contributed by atoms with Gasteiger partial charge in [0.1, 0.15) is 12.1 Å². The molecule has 0 saturated heterocycles. The van der Waals surface area contributed by atoms with Crippen LogP contribution >= 0.6 is 11.6 Å². The SMILES string of the molecule is CC(C)(C)OC(=O)N(CC(N)=O)S(=O)(=O)NCCCl. The van der Waals surface area contributed by atoms with Crippen molar-refractivity contribution in [2.24, 2.45) is 5.73 Å². The van der Waals surface area contributed by atoms with Gasteiger partial charge in [-0.1, -0.05) is 0 Å². The summed E-state index contributed by atoms with van der Waals surface area (Å²) in [6.45, 7) is 3.78. The number of carbonyl (C=O) groups excluding carboxylic acids is 2. The maximum absolute atomic E-state index is 11.8. The largest absolute Gasteiger partial charge is 0.443 e. The van der Waals surface area contributed by atoms with Crippen LogP contribution in [-0.2, 0) is 19.7 Å². The molecule has 112 valence electrons. The summed E-state index contributed by atoms with van der Waals surface area (Å²) in [7, 11) is -4.23. The van der Waals surface area contributed by atoms with Gasteiger partial charge in [0.05, 0.1) is 0 Å².